The van der Waals surface area contributed by atoms with Crippen molar-refractivity contribution in [3.63, 3.8) is 0 Å². The molecule has 0 saturated carbocycles. The third kappa shape index (κ3) is 11.0. The number of imide groups is 1. The number of carbonyl (C=O) groups excluding carboxylic acids is 4. The highest BCUT2D eigenvalue weighted by molar-refractivity contribution is 7.71. The van der Waals surface area contributed by atoms with E-state index in [2.05, 4.69) is 79.6 Å². The van der Waals surface area contributed by atoms with Crippen LogP contribution in [-0.4, -0.2) is 137 Å². The maximum atomic E-state index is 13.6. The monoisotopic (exact) mass is 1010 g/mol. The molecule has 3 saturated heterocycles. The fraction of sp³-hybridized carbons (Fsp3) is 0.385. The average Bonchev–Trinajstić information content (AvgIpc) is 3.70. The molecule has 4 amide bonds. The minimum atomic E-state index is -2.86. The molecule has 372 valence electrons. The standard InChI is InChI=1S/C52H56ClN12O6P/c1-5-10-45(66)57-40-29-41(59-52-56-31-37(53)49(61-52)58-39-15-14-38-47(55-21-20-54-38)48(39)72(3,4)70)44(71-2)30-43(40)64-23-18-34(19-24-64)63-27-25-62(26-28-63)22-8-6-7-11-33-12-9-13-35-36(33)32-65(51(35)69)42-16-17-46(67)60-50(42)68/h9,12-15,20-21,29-31,34,42H,6,8,16-19,22-28,32H2,1-4H3,(H,57,66)(H,60,67,68)(H2,56,58,59,61). The molecule has 1 atom stereocenters. The Kier molecular flexibility index (Phi) is 15.1. The summed E-state index contributed by atoms with van der Waals surface area (Å²) in [5.74, 6) is 11.5. The predicted octanol–water partition coefficient (Wildman–Crippen LogP) is 5.96. The number of nitrogens with one attached hydrogen (secondary N) is 4. The number of anilines is 6. The van der Waals surface area contributed by atoms with Crippen LogP contribution in [0.2, 0.25) is 5.02 Å². The molecule has 20 heteroatoms. The Hall–Kier alpha value is -7.08. The predicted molar refractivity (Wildman–Crippen MR) is 279 cm³/mol. The summed E-state index contributed by atoms with van der Waals surface area (Å²) in [6.45, 7) is 11.7. The maximum Gasteiger partial charge on any atom is 0.300 e. The van der Waals surface area contributed by atoms with Crippen molar-refractivity contribution < 1.29 is 28.5 Å². The summed E-state index contributed by atoms with van der Waals surface area (Å²) < 4.78 is 19.5. The molecule has 1 unspecified atom stereocenters. The lowest BCUT2D eigenvalue weighted by Crippen LogP contribution is -2.53. The van der Waals surface area contributed by atoms with Crippen molar-refractivity contribution in [3.8, 4) is 29.4 Å². The van der Waals surface area contributed by atoms with Gasteiger partial charge in [-0.3, -0.25) is 39.4 Å². The van der Waals surface area contributed by atoms with E-state index in [9.17, 15) is 23.7 Å². The Morgan fingerprint density at radius 3 is 2.49 bits per heavy atom. The Labute approximate surface area is 423 Å². The fourth-order valence-electron chi connectivity index (χ4n) is 9.97. The quantitative estimate of drug-likeness (QED) is 0.0465. The van der Waals surface area contributed by atoms with Crippen molar-refractivity contribution in [3.05, 3.63) is 82.8 Å². The van der Waals surface area contributed by atoms with E-state index in [0.29, 0.717) is 63.7 Å². The highest BCUT2D eigenvalue weighted by atomic mass is 35.5. The first-order valence-corrected chi connectivity index (χ1v) is 27.0. The van der Waals surface area contributed by atoms with E-state index in [-0.39, 0.29) is 35.0 Å². The Balaban J connectivity index is 0.800. The molecule has 4 aliphatic heterocycles. The topological polar surface area (TPSA) is 207 Å². The molecule has 2 aromatic heterocycles. The molecule has 72 heavy (non-hydrogen) atoms. The average molecular weight is 1010 g/mol. The van der Waals surface area contributed by atoms with Crippen LogP contribution in [0.4, 0.5) is 34.5 Å². The Morgan fingerprint density at radius 2 is 1.74 bits per heavy atom. The Morgan fingerprint density at radius 1 is 0.944 bits per heavy atom. The zero-order valence-electron chi connectivity index (χ0n) is 40.7. The minimum Gasteiger partial charge on any atom is -0.494 e. The van der Waals surface area contributed by atoms with Crippen LogP contribution >= 0.6 is 18.7 Å². The van der Waals surface area contributed by atoms with Gasteiger partial charge in [0.25, 0.3) is 11.8 Å². The zero-order valence-corrected chi connectivity index (χ0v) is 42.3. The number of fused-ring (bicyclic) bond motifs is 2. The molecule has 0 radical (unpaired) electrons. The molecule has 4 N–H and O–H groups in total. The number of unbranched alkanes of at least 4 members (excludes halogenated alkanes) is 1. The lowest BCUT2D eigenvalue weighted by Gasteiger charge is -2.43. The number of hydrogen-bond acceptors (Lipinski definition) is 15. The molecule has 0 aliphatic carbocycles. The number of rotatable bonds is 13. The lowest BCUT2D eigenvalue weighted by atomic mass is 10.0. The SMILES string of the molecule is CC#CC(=O)Nc1cc(Nc2ncc(Cl)c(Nc3ccc4nccnc4c3P(C)(C)=O)n2)c(OC)cc1N1CCC(N2CCN(CCCC#Cc3cccc4c3CN(C3CCC(=O)NC3=O)C4=O)CC2)CC1. The molecule has 6 heterocycles. The van der Waals surface area contributed by atoms with E-state index in [4.69, 9.17) is 16.3 Å². The summed E-state index contributed by atoms with van der Waals surface area (Å²) in [7, 11) is -1.28. The molecule has 5 aromatic rings. The van der Waals surface area contributed by atoms with Gasteiger partial charge in [0.1, 0.15) is 29.5 Å². The third-order valence-corrected chi connectivity index (χ3v) is 15.3. The smallest absolute Gasteiger partial charge is 0.300 e. The summed E-state index contributed by atoms with van der Waals surface area (Å²) in [6.07, 6.45) is 8.72. The van der Waals surface area contributed by atoms with Crippen LogP contribution in [0.5, 0.6) is 5.75 Å². The number of piperazine rings is 1. The molecular formula is C52H56ClN12O6P. The van der Waals surface area contributed by atoms with Gasteiger partial charge in [-0.25, -0.2) is 4.98 Å². The first kappa shape index (κ1) is 49.9. The summed E-state index contributed by atoms with van der Waals surface area (Å²) >= 11 is 6.63. The molecule has 4 aliphatic rings. The van der Waals surface area contributed by atoms with Crippen molar-refractivity contribution in [2.75, 3.05) is 87.1 Å². The molecule has 18 nitrogen and oxygen atoms in total. The van der Waals surface area contributed by atoms with Crippen LogP contribution in [0.15, 0.2) is 61.1 Å². The number of hydrogen-bond donors (Lipinski definition) is 4. The van der Waals surface area contributed by atoms with Gasteiger partial charge in [0.2, 0.25) is 17.8 Å². The normalized spacial score (nSPS) is 17.6. The molecule has 3 fully saturated rings. The van der Waals surface area contributed by atoms with E-state index < -0.39 is 25.0 Å². The largest absolute Gasteiger partial charge is 0.494 e. The first-order chi connectivity index (χ1) is 34.8. The van der Waals surface area contributed by atoms with Crippen molar-refractivity contribution in [2.45, 2.75) is 64.1 Å². The maximum absolute atomic E-state index is 13.6. The number of nitrogens with zero attached hydrogens (tertiary/aromatic N) is 8. The van der Waals surface area contributed by atoms with Crippen molar-refractivity contribution in [2.24, 2.45) is 0 Å². The number of amides is 4. The van der Waals surface area contributed by atoms with Gasteiger partial charge in [-0.05, 0) is 94.3 Å². The molecule has 0 spiro atoms. The number of benzene rings is 3. The zero-order chi connectivity index (χ0) is 50.5. The van der Waals surface area contributed by atoms with Gasteiger partial charge >= 0.3 is 0 Å². The highest BCUT2D eigenvalue weighted by Gasteiger charge is 2.40. The molecule has 0 bridgehead atoms. The van der Waals surface area contributed by atoms with Gasteiger partial charge < -0.3 is 40.0 Å². The lowest BCUT2D eigenvalue weighted by molar-refractivity contribution is -0.137. The second kappa shape index (κ2) is 21.7. The first-order valence-electron chi connectivity index (χ1n) is 24.1. The number of methoxy groups -OCH3 is 1. The van der Waals surface area contributed by atoms with Crippen LogP contribution in [0.1, 0.15) is 66.9 Å². The van der Waals surface area contributed by atoms with Crippen LogP contribution in [-0.2, 0) is 25.5 Å². The van der Waals surface area contributed by atoms with Crippen molar-refractivity contribution in [1.29, 1.82) is 0 Å². The van der Waals surface area contributed by atoms with Crippen LogP contribution in [0.3, 0.4) is 0 Å². The Bertz CT molecular complexity index is 3130. The highest BCUT2D eigenvalue weighted by Crippen LogP contribution is 2.43. The summed E-state index contributed by atoms with van der Waals surface area (Å²) in [5, 5.41) is 12.6. The number of aromatic nitrogens is 4. The van der Waals surface area contributed by atoms with Crippen molar-refractivity contribution in [1.82, 2.24) is 40.0 Å². The summed E-state index contributed by atoms with van der Waals surface area (Å²) in [4.78, 5) is 77.3. The van der Waals surface area contributed by atoms with Gasteiger partial charge in [0, 0.05) is 94.3 Å². The van der Waals surface area contributed by atoms with Gasteiger partial charge in [-0.15, -0.1) is 0 Å². The van der Waals surface area contributed by atoms with E-state index >= 15 is 0 Å². The van der Waals surface area contributed by atoms with Crippen LogP contribution < -0.4 is 36.2 Å². The summed E-state index contributed by atoms with van der Waals surface area (Å²) in [5.41, 5.74) is 5.76. The van der Waals surface area contributed by atoms with Gasteiger partial charge in [0.15, 0.2) is 5.82 Å². The summed E-state index contributed by atoms with van der Waals surface area (Å²) in [6, 6.07) is 12.6. The molecule has 9 rings (SSSR count). The van der Waals surface area contributed by atoms with E-state index in [0.717, 1.165) is 88.3 Å². The van der Waals surface area contributed by atoms with Crippen LogP contribution in [0, 0.1) is 23.7 Å². The van der Waals surface area contributed by atoms with E-state index in [1.807, 2.05) is 18.2 Å². The number of halogens is 1. The second-order valence-corrected chi connectivity index (χ2v) is 22.1. The minimum absolute atomic E-state index is 0.194. The molecule has 3 aromatic carbocycles. The van der Waals surface area contributed by atoms with E-state index in [1.54, 1.807) is 68.9 Å². The molecular weight excluding hydrogens is 955 g/mol. The van der Waals surface area contributed by atoms with Gasteiger partial charge in [0.05, 0.1) is 46.9 Å². The fourth-order valence-corrected chi connectivity index (χ4v) is 11.5. The van der Waals surface area contributed by atoms with Gasteiger partial charge in [-0.1, -0.05) is 35.4 Å². The third-order valence-electron chi connectivity index (χ3n) is 13.5. The second-order valence-electron chi connectivity index (χ2n) is 18.5. The number of piperidine rings is 2. The number of ether oxygens (including phenoxy) is 1. The number of carbonyl (C=O) groups is 4. The van der Waals surface area contributed by atoms with Gasteiger partial charge in [-0.2, -0.15) is 4.98 Å². The van der Waals surface area contributed by atoms with E-state index in [1.165, 1.54) is 6.20 Å². The van der Waals surface area contributed by atoms with Crippen LogP contribution in [0.25, 0.3) is 11.0 Å². The van der Waals surface area contributed by atoms with Crippen molar-refractivity contribution >= 4 is 93.2 Å².